The van der Waals surface area contributed by atoms with Crippen LogP contribution in [0.4, 0.5) is 0 Å². The van der Waals surface area contributed by atoms with E-state index in [2.05, 4.69) is 146 Å². The SMILES string of the molecule is c1ccc(-c2c3ccccc3c(-c3ccc4c(c3)-c3cccc5sc6ccc7cccc-4c7c6c35)c3ccccc23)cc1. The summed E-state index contributed by atoms with van der Waals surface area (Å²) in [6.45, 7) is 0. The van der Waals surface area contributed by atoms with Crippen LogP contribution in [0.2, 0.25) is 0 Å². The lowest BCUT2D eigenvalue weighted by Gasteiger charge is -2.19. The van der Waals surface area contributed by atoms with Gasteiger partial charge in [-0.3, -0.25) is 0 Å². The minimum absolute atomic E-state index is 1.25. The van der Waals surface area contributed by atoms with Crippen LogP contribution in [0.5, 0.6) is 0 Å². The molecule has 1 aliphatic rings. The van der Waals surface area contributed by atoms with E-state index in [9.17, 15) is 0 Å². The maximum absolute atomic E-state index is 2.47. The van der Waals surface area contributed by atoms with Crippen LogP contribution in [0.3, 0.4) is 0 Å². The molecule has 43 heavy (non-hydrogen) atoms. The van der Waals surface area contributed by atoms with E-state index >= 15 is 0 Å². The number of benzene rings is 8. The highest BCUT2D eigenvalue weighted by atomic mass is 32.1. The number of fused-ring (bicyclic) bond motifs is 5. The minimum Gasteiger partial charge on any atom is -0.135 e. The van der Waals surface area contributed by atoms with Crippen molar-refractivity contribution in [2.45, 2.75) is 0 Å². The van der Waals surface area contributed by atoms with Crippen molar-refractivity contribution in [1.82, 2.24) is 0 Å². The van der Waals surface area contributed by atoms with E-state index in [1.807, 2.05) is 11.3 Å². The first-order valence-electron chi connectivity index (χ1n) is 14.9. The molecule has 0 fully saturated rings. The van der Waals surface area contributed by atoms with Crippen LogP contribution in [0, 0.1) is 0 Å². The molecule has 10 rings (SSSR count). The van der Waals surface area contributed by atoms with Gasteiger partial charge in [-0.15, -0.1) is 11.3 Å². The zero-order valence-electron chi connectivity index (χ0n) is 23.3. The summed E-state index contributed by atoms with van der Waals surface area (Å²) < 4.78 is 2.72. The van der Waals surface area contributed by atoms with Gasteiger partial charge in [0.05, 0.1) is 0 Å². The predicted octanol–water partition coefficient (Wildman–Crippen LogP) is 12.5. The van der Waals surface area contributed by atoms with Crippen molar-refractivity contribution in [3.05, 3.63) is 146 Å². The van der Waals surface area contributed by atoms with Crippen molar-refractivity contribution >= 4 is 63.8 Å². The van der Waals surface area contributed by atoms with Gasteiger partial charge in [-0.05, 0) is 95.0 Å². The molecule has 0 saturated carbocycles. The maximum atomic E-state index is 2.47. The van der Waals surface area contributed by atoms with E-state index in [4.69, 9.17) is 0 Å². The third-order valence-corrected chi connectivity index (χ3v) is 10.5. The molecule has 1 aliphatic carbocycles. The summed E-state index contributed by atoms with van der Waals surface area (Å²) in [5.41, 5.74) is 10.4. The van der Waals surface area contributed by atoms with Gasteiger partial charge < -0.3 is 0 Å². The number of hydrogen-bond donors (Lipinski definition) is 0. The van der Waals surface area contributed by atoms with Gasteiger partial charge in [0.1, 0.15) is 0 Å². The van der Waals surface area contributed by atoms with E-state index in [0.29, 0.717) is 0 Å². The van der Waals surface area contributed by atoms with Crippen LogP contribution in [0.15, 0.2) is 146 Å². The van der Waals surface area contributed by atoms with Gasteiger partial charge in [-0.2, -0.15) is 0 Å². The van der Waals surface area contributed by atoms with Crippen LogP contribution >= 0.6 is 11.3 Å². The Morgan fingerprint density at radius 1 is 0.326 bits per heavy atom. The largest absolute Gasteiger partial charge is 0.135 e. The molecule has 0 bridgehead atoms. The Hall–Kier alpha value is -5.24. The smallest absolute Gasteiger partial charge is 0.0362 e. The highest BCUT2D eigenvalue weighted by molar-refractivity contribution is 7.26. The zero-order chi connectivity index (χ0) is 28.1. The van der Waals surface area contributed by atoms with Crippen LogP contribution in [-0.4, -0.2) is 0 Å². The van der Waals surface area contributed by atoms with Gasteiger partial charge in [-0.25, -0.2) is 0 Å². The Labute approximate surface area is 253 Å². The van der Waals surface area contributed by atoms with Crippen molar-refractivity contribution < 1.29 is 0 Å². The second kappa shape index (κ2) is 8.64. The minimum atomic E-state index is 1.25. The summed E-state index contributed by atoms with van der Waals surface area (Å²) in [5, 5.41) is 10.6. The summed E-state index contributed by atoms with van der Waals surface area (Å²) >= 11 is 1.91. The maximum Gasteiger partial charge on any atom is 0.0362 e. The molecular formula is C42H24S. The molecule has 0 amide bonds. The van der Waals surface area contributed by atoms with E-state index < -0.39 is 0 Å². The Bertz CT molecular complexity index is 2550. The Balaban J connectivity index is 1.35. The lowest BCUT2D eigenvalue weighted by molar-refractivity contribution is 1.62. The Morgan fingerprint density at radius 3 is 1.65 bits per heavy atom. The first-order valence-corrected chi connectivity index (χ1v) is 15.7. The third-order valence-electron chi connectivity index (χ3n) is 9.39. The average molecular weight is 561 g/mol. The second-order valence-corrected chi connectivity index (χ2v) is 12.7. The van der Waals surface area contributed by atoms with Gasteiger partial charge in [0.15, 0.2) is 0 Å². The Kier molecular flexibility index (Phi) is 4.69. The highest BCUT2D eigenvalue weighted by Gasteiger charge is 2.24. The summed E-state index contributed by atoms with van der Waals surface area (Å²) in [6, 6.07) is 54.2. The van der Waals surface area contributed by atoms with Gasteiger partial charge in [-0.1, -0.05) is 127 Å². The molecule has 8 aromatic carbocycles. The lowest BCUT2D eigenvalue weighted by Crippen LogP contribution is -1.92. The molecule has 1 heteroatoms. The quantitative estimate of drug-likeness (QED) is 0.184. The summed E-state index contributed by atoms with van der Waals surface area (Å²) in [4.78, 5) is 0. The molecular weight excluding hydrogens is 537 g/mol. The molecule has 9 aromatic rings. The van der Waals surface area contributed by atoms with Crippen molar-refractivity contribution in [1.29, 1.82) is 0 Å². The average Bonchev–Trinajstić information content (AvgIpc) is 3.40. The molecule has 198 valence electrons. The molecule has 1 aromatic heterocycles. The number of thiophene rings is 1. The van der Waals surface area contributed by atoms with Crippen molar-refractivity contribution in [3.8, 4) is 44.5 Å². The number of rotatable bonds is 2. The third kappa shape index (κ3) is 3.15. The molecule has 0 nitrogen and oxygen atoms in total. The van der Waals surface area contributed by atoms with Gasteiger partial charge in [0.25, 0.3) is 0 Å². The summed E-state index contributed by atoms with van der Waals surface area (Å²) in [7, 11) is 0. The first kappa shape index (κ1) is 23.3. The van der Waals surface area contributed by atoms with Crippen molar-refractivity contribution in [2.24, 2.45) is 0 Å². The van der Waals surface area contributed by atoms with E-state index in [1.54, 1.807) is 0 Å². The van der Waals surface area contributed by atoms with Crippen molar-refractivity contribution in [3.63, 3.8) is 0 Å². The van der Waals surface area contributed by atoms with Crippen LogP contribution in [0.25, 0.3) is 97.0 Å². The Morgan fingerprint density at radius 2 is 0.930 bits per heavy atom. The van der Waals surface area contributed by atoms with E-state index in [1.165, 1.54) is 97.0 Å². The molecule has 0 saturated heterocycles. The highest BCUT2D eigenvalue weighted by Crippen LogP contribution is 2.52. The van der Waals surface area contributed by atoms with E-state index in [0.717, 1.165) is 0 Å². The fraction of sp³-hybridized carbons (Fsp3) is 0. The van der Waals surface area contributed by atoms with Gasteiger partial charge >= 0.3 is 0 Å². The molecule has 0 N–H and O–H groups in total. The monoisotopic (exact) mass is 560 g/mol. The van der Waals surface area contributed by atoms with Gasteiger partial charge in [0, 0.05) is 20.2 Å². The predicted molar refractivity (Wildman–Crippen MR) is 187 cm³/mol. The standard InChI is InChI=1S/C42H24S/c1-2-10-25(11-3-1)38-30-13-4-6-15-32(30)39(33-16-7-5-14-31(33)38)27-20-22-28-29-17-8-12-26-21-23-37-42(40(26)29)41-34(35(28)24-27)18-9-19-36(41)43-37/h1-24H. The second-order valence-electron chi connectivity index (χ2n) is 11.6. The molecule has 0 aliphatic heterocycles. The normalized spacial score (nSPS) is 12.2. The van der Waals surface area contributed by atoms with Crippen LogP contribution in [0.1, 0.15) is 0 Å². The molecule has 0 atom stereocenters. The fourth-order valence-electron chi connectivity index (χ4n) is 7.65. The zero-order valence-corrected chi connectivity index (χ0v) is 24.1. The van der Waals surface area contributed by atoms with Crippen LogP contribution < -0.4 is 0 Å². The topological polar surface area (TPSA) is 0 Å². The van der Waals surface area contributed by atoms with Gasteiger partial charge in [0.2, 0.25) is 0 Å². The van der Waals surface area contributed by atoms with Crippen molar-refractivity contribution in [2.75, 3.05) is 0 Å². The first-order chi connectivity index (χ1) is 21.3. The fourth-order valence-corrected chi connectivity index (χ4v) is 8.79. The van der Waals surface area contributed by atoms with E-state index in [-0.39, 0.29) is 0 Å². The molecule has 0 radical (unpaired) electrons. The summed E-state index contributed by atoms with van der Waals surface area (Å²) in [5.74, 6) is 0. The van der Waals surface area contributed by atoms with Crippen LogP contribution in [-0.2, 0) is 0 Å². The number of hydrogen-bond acceptors (Lipinski definition) is 1. The lowest BCUT2D eigenvalue weighted by atomic mass is 9.84. The molecule has 0 spiro atoms. The summed E-state index contributed by atoms with van der Waals surface area (Å²) in [6.07, 6.45) is 0. The molecule has 0 unspecified atom stereocenters. The molecule has 1 heterocycles.